The van der Waals surface area contributed by atoms with E-state index < -0.39 is 0 Å². The van der Waals surface area contributed by atoms with Crippen LogP contribution in [-0.4, -0.2) is 16.7 Å². The average Bonchev–Trinajstić information content (AvgIpc) is 3.14. The number of hydrogen-bond acceptors (Lipinski definition) is 5. The van der Waals surface area contributed by atoms with E-state index >= 15 is 0 Å². The van der Waals surface area contributed by atoms with E-state index in [1.165, 1.54) is 12.8 Å². The monoisotopic (exact) mass is 273 g/mol. The van der Waals surface area contributed by atoms with Crippen LogP contribution in [-0.2, 0) is 4.74 Å². The molecule has 0 amide bonds. The molecule has 3 rings (SSSR count). The van der Waals surface area contributed by atoms with Gasteiger partial charge in [-0.15, -0.1) is 0 Å². The van der Waals surface area contributed by atoms with E-state index in [0.29, 0.717) is 24.2 Å². The zero-order valence-electron chi connectivity index (χ0n) is 11.8. The molecule has 1 heterocycles. The minimum Gasteiger partial charge on any atom is -0.399 e. The summed E-state index contributed by atoms with van der Waals surface area (Å²) in [5.74, 6) is 1.72. The second-order valence-corrected chi connectivity index (χ2v) is 5.25. The summed E-state index contributed by atoms with van der Waals surface area (Å²) in [6.45, 7) is 4.63. The van der Waals surface area contributed by atoms with Crippen LogP contribution in [0.1, 0.15) is 37.3 Å². The Balaban J connectivity index is 1.89. The topological polar surface area (TPSA) is 74.2 Å². The van der Waals surface area contributed by atoms with Crippen LogP contribution in [0.5, 0.6) is 0 Å². The molecule has 106 valence electrons. The number of ether oxygens (including phenoxy) is 1. The van der Waals surface area contributed by atoms with E-state index in [0.717, 1.165) is 16.8 Å². The molecule has 5 nitrogen and oxygen atoms in total. The van der Waals surface area contributed by atoms with Crippen molar-refractivity contribution in [2.45, 2.75) is 32.8 Å². The van der Waals surface area contributed by atoms with Gasteiger partial charge in [-0.05, 0) is 56.4 Å². The molecule has 1 saturated carbocycles. The maximum atomic E-state index is 5.76. The number of anilines is 1. The molecule has 1 unspecified atom stereocenters. The third kappa shape index (κ3) is 2.54. The second-order valence-electron chi connectivity index (χ2n) is 5.25. The largest absolute Gasteiger partial charge is 0.399 e. The highest BCUT2D eigenvalue weighted by molar-refractivity contribution is 5.62. The van der Waals surface area contributed by atoms with Crippen LogP contribution < -0.4 is 5.73 Å². The third-order valence-corrected chi connectivity index (χ3v) is 3.57. The minimum atomic E-state index is -0.0356. The number of aromatic nitrogens is 2. The standard InChI is InChI=1S/C15H19N3O2/c1-3-19-13(10-4-5-10)14-17-15(20-18-14)12-7-6-11(16)8-9(12)2/h6-8,10,13H,3-5,16H2,1-2H3. The van der Waals surface area contributed by atoms with Gasteiger partial charge in [-0.25, -0.2) is 0 Å². The smallest absolute Gasteiger partial charge is 0.258 e. The SMILES string of the molecule is CCOC(c1noc(-c2ccc(N)cc2C)n1)C1CC1. The first-order chi connectivity index (χ1) is 9.69. The van der Waals surface area contributed by atoms with Gasteiger partial charge in [0, 0.05) is 17.9 Å². The Labute approximate surface area is 118 Å². The Morgan fingerprint density at radius 3 is 2.90 bits per heavy atom. The Morgan fingerprint density at radius 1 is 1.45 bits per heavy atom. The number of hydrogen-bond donors (Lipinski definition) is 1. The molecule has 2 N–H and O–H groups in total. The van der Waals surface area contributed by atoms with Crippen molar-refractivity contribution >= 4 is 5.69 Å². The molecule has 1 fully saturated rings. The number of nitrogens with two attached hydrogens (primary N) is 1. The van der Waals surface area contributed by atoms with Gasteiger partial charge in [0.1, 0.15) is 6.10 Å². The summed E-state index contributed by atoms with van der Waals surface area (Å²) >= 11 is 0. The van der Waals surface area contributed by atoms with E-state index in [1.807, 2.05) is 32.0 Å². The molecule has 20 heavy (non-hydrogen) atoms. The van der Waals surface area contributed by atoms with E-state index in [9.17, 15) is 0 Å². The van der Waals surface area contributed by atoms with Crippen molar-refractivity contribution in [1.29, 1.82) is 0 Å². The molecule has 1 aromatic heterocycles. The summed E-state index contributed by atoms with van der Waals surface area (Å²) in [5.41, 5.74) is 8.44. The van der Waals surface area contributed by atoms with Crippen LogP contribution in [0.4, 0.5) is 5.69 Å². The van der Waals surface area contributed by atoms with Crippen LogP contribution in [0.25, 0.3) is 11.5 Å². The number of nitrogens with zero attached hydrogens (tertiary/aromatic N) is 2. The van der Waals surface area contributed by atoms with Gasteiger partial charge in [0.15, 0.2) is 0 Å². The molecule has 0 aliphatic heterocycles. The maximum Gasteiger partial charge on any atom is 0.258 e. The summed E-state index contributed by atoms with van der Waals surface area (Å²) in [6, 6.07) is 5.65. The molecular weight excluding hydrogens is 254 g/mol. The Bertz CT molecular complexity index is 605. The fourth-order valence-corrected chi connectivity index (χ4v) is 2.39. The van der Waals surface area contributed by atoms with Gasteiger partial charge >= 0.3 is 0 Å². The van der Waals surface area contributed by atoms with Crippen LogP contribution in [0.15, 0.2) is 22.7 Å². The van der Waals surface area contributed by atoms with Gasteiger partial charge in [0.05, 0.1) is 0 Å². The summed E-state index contributed by atoms with van der Waals surface area (Å²) in [5, 5.41) is 4.09. The number of nitrogen functional groups attached to an aromatic ring is 1. The highest BCUT2D eigenvalue weighted by Gasteiger charge is 2.36. The predicted octanol–water partition coefficient (Wildman–Crippen LogP) is 3.11. The average molecular weight is 273 g/mol. The van der Waals surface area contributed by atoms with Crippen LogP contribution >= 0.6 is 0 Å². The van der Waals surface area contributed by atoms with Crippen molar-refractivity contribution in [2.75, 3.05) is 12.3 Å². The fourth-order valence-electron chi connectivity index (χ4n) is 2.39. The fraction of sp³-hybridized carbons (Fsp3) is 0.467. The maximum absolute atomic E-state index is 5.76. The van der Waals surface area contributed by atoms with Crippen molar-refractivity contribution in [2.24, 2.45) is 5.92 Å². The number of rotatable bonds is 5. The van der Waals surface area contributed by atoms with Crippen molar-refractivity contribution in [3.63, 3.8) is 0 Å². The van der Waals surface area contributed by atoms with Crippen molar-refractivity contribution in [3.8, 4) is 11.5 Å². The van der Waals surface area contributed by atoms with Gasteiger partial charge in [-0.3, -0.25) is 0 Å². The lowest BCUT2D eigenvalue weighted by molar-refractivity contribution is 0.0385. The molecule has 0 spiro atoms. The van der Waals surface area contributed by atoms with Gasteiger partial charge in [-0.2, -0.15) is 4.98 Å². The molecular formula is C15H19N3O2. The van der Waals surface area contributed by atoms with Crippen LogP contribution in [0, 0.1) is 12.8 Å². The third-order valence-electron chi connectivity index (χ3n) is 3.57. The first-order valence-electron chi connectivity index (χ1n) is 7.00. The van der Waals surface area contributed by atoms with Crippen LogP contribution in [0.3, 0.4) is 0 Å². The molecule has 1 aliphatic rings. The molecule has 0 radical (unpaired) electrons. The summed E-state index contributed by atoms with van der Waals surface area (Å²) in [7, 11) is 0. The molecule has 1 aromatic carbocycles. The zero-order chi connectivity index (χ0) is 14.1. The Hall–Kier alpha value is -1.88. The predicted molar refractivity (Wildman–Crippen MR) is 76.0 cm³/mol. The highest BCUT2D eigenvalue weighted by Crippen LogP contribution is 2.42. The van der Waals surface area contributed by atoms with Crippen molar-refractivity contribution in [3.05, 3.63) is 29.6 Å². The lowest BCUT2D eigenvalue weighted by Gasteiger charge is -2.11. The van der Waals surface area contributed by atoms with E-state index in [1.54, 1.807) is 0 Å². The number of benzene rings is 1. The highest BCUT2D eigenvalue weighted by atomic mass is 16.5. The minimum absolute atomic E-state index is 0.0356. The molecule has 1 atom stereocenters. The van der Waals surface area contributed by atoms with Gasteiger partial charge in [0.2, 0.25) is 5.82 Å². The lowest BCUT2D eigenvalue weighted by Crippen LogP contribution is -2.08. The summed E-state index contributed by atoms with van der Waals surface area (Å²) in [6.07, 6.45) is 2.32. The summed E-state index contributed by atoms with van der Waals surface area (Å²) in [4.78, 5) is 4.51. The Morgan fingerprint density at radius 2 is 2.25 bits per heavy atom. The van der Waals surface area contributed by atoms with Crippen molar-refractivity contribution < 1.29 is 9.26 Å². The molecule has 0 saturated heterocycles. The van der Waals surface area contributed by atoms with Crippen LogP contribution in [0.2, 0.25) is 0 Å². The van der Waals surface area contributed by atoms with E-state index in [4.69, 9.17) is 15.0 Å². The van der Waals surface area contributed by atoms with Gasteiger partial charge in [0.25, 0.3) is 5.89 Å². The normalized spacial score (nSPS) is 16.3. The first-order valence-corrected chi connectivity index (χ1v) is 7.00. The first kappa shape index (κ1) is 13.1. The molecule has 0 bridgehead atoms. The molecule has 2 aromatic rings. The van der Waals surface area contributed by atoms with E-state index in [2.05, 4.69) is 10.1 Å². The van der Waals surface area contributed by atoms with Crippen molar-refractivity contribution in [1.82, 2.24) is 10.1 Å². The summed E-state index contributed by atoms with van der Waals surface area (Å²) < 4.78 is 11.1. The zero-order valence-corrected chi connectivity index (χ0v) is 11.8. The lowest BCUT2D eigenvalue weighted by atomic mass is 10.1. The molecule has 5 heteroatoms. The Kier molecular flexibility index (Phi) is 3.44. The van der Waals surface area contributed by atoms with Gasteiger partial charge in [-0.1, -0.05) is 5.16 Å². The van der Waals surface area contributed by atoms with Gasteiger partial charge < -0.3 is 15.0 Å². The second kappa shape index (κ2) is 5.25. The number of aryl methyl sites for hydroxylation is 1. The molecule has 1 aliphatic carbocycles. The quantitative estimate of drug-likeness (QED) is 0.847. The van der Waals surface area contributed by atoms with E-state index in [-0.39, 0.29) is 6.10 Å².